The van der Waals surface area contributed by atoms with Gasteiger partial charge in [0, 0.05) is 17.8 Å². The van der Waals surface area contributed by atoms with Gasteiger partial charge in [0.25, 0.3) is 0 Å². The first-order valence-electron chi connectivity index (χ1n) is 5.26. The minimum Gasteiger partial charge on any atom is -0.366 e. The van der Waals surface area contributed by atoms with Gasteiger partial charge >= 0.3 is 0 Å². The summed E-state index contributed by atoms with van der Waals surface area (Å²) in [5.41, 5.74) is 8.80. The maximum atomic E-state index is 11.5. The van der Waals surface area contributed by atoms with Crippen LogP contribution in [0, 0.1) is 20.8 Å². The van der Waals surface area contributed by atoms with Crippen LogP contribution in [0.1, 0.15) is 16.7 Å². The molecule has 90 valence electrons. The molecule has 17 heavy (non-hydrogen) atoms. The summed E-state index contributed by atoms with van der Waals surface area (Å²) in [6.07, 6.45) is 2.16. The highest BCUT2D eigenvalue weighted by Crippen LogP contribution is 2.21. The number of aryl methyl sites for hydroxylation is 3. The number of amides is 2. The van der Waals surface area contributed by atoms with E-state index in [1.54, 1.807) is 0 Å². The number of hydrogen-bond donors (Lipinski definition) is 2. The van der Waals surface area contributed by atoms with Crippen LogP contribution in [0.3, 0.4) is 0 Å². The van der Waals surface area contributed by atoms with E-state index >= 15 is 0 Å². The maximum absolute atomic E-state index is 11.5. The Hall–Kier alpha value is -2.10. The highest BCUT2D eigenvalue weighted by atomic mass is 16.2. The van der Waals surface area contributed by atoms with Crippen molar-refractivity contribution in [2.24, 2.45) is 5.73 Å². The molecule has 0 radical (unpaired) electrons. The molecule has 3 N–H and O–H groups in total. The number of carbonyl (C=O) groups excluding carboxylic acids is 2. The van der Waals surface area contributed by atoms with Gasteiger partial charge in [-0.15, -0.1) is 0 Å². The third kappa shape index (κ3) is 3.75. The van der Waals surface area contributed by atoms with Crippen molar-refractivity contribution in [3.8, 4) is 0 Å². The molecule has 1 rings (SSSR count). The fourth-order valence-corrected chi connectivity index (χ4v) is 1.70. The molecule has 0 aliphatic rings. The Bertz CT molecular complexity index is 467. The van der Waals surface area contributed by atoms with E-state index in [9.17, 15) is 9.59 Å². The van der Waals surface area contributed by atoms with Gasteiger partial charge in [-0.05, 0) is 31.9 Å². The van der Waals surface area contributed by atoms with E-state index < -0.39 is 5.91 Å². The second kappa shape index (κ2) is 5.30. The first-order chi connectivity index (χ1) is 7.90. The second-order valence-electron chi connectivity index (χ2n) is 4.00. The smallest absolute Gasteiger partial charge is 0.248 e. The van der Waals surface area contributed by atoms with Crippen molar-refractivity contribution in [2.75, 3.05) is 5.32 Å². The number of anilines is 1. The van der Waals surface area contributed by atoms with E-state index in [1.807, 2.05) is 32.9 Å². The number of rotatable bonds is 3. The van der Waals surface area contributed by atoms with Crippen LogP contribution in [0.4, 0.5) is 5.69 Å². The van der Waals surface area contributed by atoms with Crippen LogP contribution >= 0.6 is 0 Å². The Labute approximate surface area is 101 Å². The lowest BCUT2D eigenvalue weighted by Gasteiger charge is -2.11. The minimum atomic E-state index is -0.641. The van der Waals surface area contributed by atoms with E-state index in [1.165, 1.54) is 0 Å². The zero-order chi connectivity index (χ0) is 13.0. The molecule has 0 unspecified atom stereocenters. The molecule has 1 aromatic carbocycles. The average molecular weight is 232 g/mol. The zero-order valence-electron chi connectivity index (χ0n) is 10.2. The third-order valence-electron chi connectivity index (χ3n) is 2.32. The van der Waals surface area contributed by atoms with E-state index in [4.69, 9.17) is 5.73 Å². The molecule has 0 heterocycles. The summed E-state index contributed by atoms with van der Waals surface area (Å²) in [6.45, 7) is 5.85. The first kappa shape index (κ1) is 13.0. The highest BCUT2D eigenvalue weighted by molar-refractivity contribution is 6.03. The van der Waals surface area contributed by atoms with Gasteiger partial charge in [0.2, 0.25) is 11.8 Å². The molecular formula is C13H16N2O2. The van der Waals surface area contributed by atoms with Crippen molar-refractivity contribution in [1.29, 1.82) is 0 Å². The van der Waals surface area contributed by atoms with Crippen LogP contribution in [0.5, 0.6) is 0 Å². The number of nitrogens with two attached hydrogens (primary N) is 1. The molecule has 0 spiro atoms. The molecule has 0 bridgehead atoms. The quantitative estimate of drug-likeness (QED) is 0.777. The van der Waals surface area contributed by atoms with Gasteiger partial charge in [0.15, 0.2) is 0 Å². The minimum absolute atomic E-state index is 0.362. The summed E-state index contributed by atoms with van der Waals surface area (Å²) in [6, 6.07) is 3.97. The Kier molecular flexibility index (Phi) is 4.04. The second-order valence-corrected chi connectivity index (χ2v) is 4.00. The van der Waals surface area contributed by atoms with Crippen molar-refractivity contribution >= 4 is 17.5 Å². The van der Waals surface area contributed by atoms with Crippen LogP contribution in [0.25, 0.3) is 0 Å². The molecule has 0 atom stereocenters. The summed E-state index contributed by atoms with van der Waals surface area (Å²) in [5.74, 6) is -1.00. The van der Waals surface area contributed by atoms with Gasteiger partial charge in [-0.1, -0.05) is 17.7 Å². The molecular weight excluding hydrogens is 216 g/mol. The summed E-state index contributed by atoms with van der Waals surface area (Å²) in [5, 5.41) is 2.73. The Morgan fingerprint density at radius 2 is 1.65 bits per heavy atom. The lowest BCUT2D eigenvalue weighted by Crippen LogP contribution is -2.13. The molecule has 0 aliphatic heterocycles. The number of nitrogens with one attached hydrogen (secondary N) is 1. The molecule has 0 aromatic heterocycles. The van der Waals surface area contributed by atoms with E-state index in [0.717, 1.165) is 34.5 Å². The molecule has 2 amide bonds. The standard InChI is InChI=1S/C13H16N2O2/c1-8-6-9(2)13(10(3)7-8)15-12(17)5-4-11(14)16/h4-7H,1-3H3,(H2,14,16)(H,15,17)/b5-4-. The van der Waals surface area contributed by atoms with Crippen molar-refractivity contribution in [2.45, 2.75) is 20.8 Å². The van der Waals surface area contributed by atoms with Crippen molar-refractivity contribution in [3.05, 3.63) is 41.0 Å². The summed E-state index contributed by atoms with van der Waals surface area (Å²) in [7, 11) is 0. The third-order valence-corrected chi connectivity index (χ3v) is 2.32. The van der Waals surface area contributed by atoms with Gasteiger partial charge < -0.3 is 11.1 Å². The predicted octanol–water partition coefficient (Wildman–Crippen LogP) is 1.59. The molecule has 1 aromatic rings. The summed E-state index contributed by atoms with van der Waals surface area (Å²) in [4.78, 5) is 22.0. The SMILES string of the molecule is Cc1cc(C)c(NC(=O)/C=C\C(N)=O)c(C)c1. The molecule has 0 saturated heterocycles. The van der Waals surface area contributed by atoms with Crippen LogP contribution in [-0.2, 0) is 9.59 Å². The topological polar surface area (TPSA) is 72.2 Å². The van der Waals surface area contributed by atoms with Crippen LogP contribution in [0.15, 0.2) is 24.3 Å². The highest BCUT2D eigenvalue weighted by Gasteiger charge is 2.06. The van der Waals surface area contributed by atoms with Gasteiger partial charge in [-0.2, -0.15) is 0 Å². The van der Waals surface area contributed by atoms with Crippen LogP contribution < -0.4 is 11.1 Å². The van der Waals surface area contributed by atoms with Gasteiger partial charge in [0.05, 0.1) is 0 Å². The fourth-order valence-electron chi connectivity index (χ4n) is 1.70. The van der Waals surface area contributed by atoms with E-state index in [-0.39, 0.29) is 5.91 Å². The van der Waals surface area contributed by atoms with Gasteiger partial charge in [-0.3, -0.25) is 9.59 Å². The predicted molar refractivity (Wildman–Crippen MR) is 67.6 cm³/mol. The number of benzene rings is 1. The lowest BCUT2D eigenvalue weighted by molar-refractivity contribution is -0.115. The fraction of sp³-hybridized carbons (Fsp3) is 0.231. The largest absolute Gasteiger partial charge is 0.366 e. The zero-order valence-corrected chi connectivity index (χ0v) is 10.2. The summed E-state index contributed by atoms with van der Waals surface area (Å²) < 4.78 is 0. The Balaban J connectivity index is 2.89. The number of carbonyl (C=O) groups is 2. The lowest BCUT2D eigenvalue weighted by atomic mass is 10.1. The number of primary amides is 1. The van der Waals surface area contributed by atoms with Crippen molar-refractivity contribution in [1.82, 2.24) is 0 Å². The normalized spacial score (nSPS) is 10.5. The average Bonchev–Trinajstić information content (AvgIpc) is 2.20. The van der Waals surface area contributed by atoms with Crippen molar-refractivity contribution < 1.29 is 9.59 Å². The first-order valence-corrected chi connectivity index (χ1v) is 5.26. The molecule has 0 fully saturated rings. The van der Waals surface area contributed by atoms with Gasteiger partial charge in [0.1, 0.15) is 0 Å². The monoisotopic (exact) mass is 232 g/mol. The summed E-state index contributed by atoms with van der Waals surface area (Å²) >= 11 is 0. The van der Waals surface area contributed by atoms with Crippen molar-refractivity contribution in [3.63, 3.8) is 0 Å². The Morgan fingerprint density at radius 3 is 2.12 bits per heavy atom. The van der Waals surface area contributed by atoms with E-state index in [0.29, 0.717) is 0 Å². The molecule has 4 nitrogen and oxygen atoms in total. The van der Waals surface area contributed by atoms with Crippen LogP contribution in [0.2, 0.25) is 0 Å². The Morgan fingerprint density at radius 1 is 1.12 bits per heavy atom. The van der Waals surface area contributed by atoms with E-state index in [2.05, 4.69) is 5.32 Å². The number of hydrogen-bond acceptors (Lipinski definition) is 2. The molecule has 4 heteroatoms. The van der Waals surface area contributed by atoms with Gasteiger partial charge in [-0.25, -0.2) is 0 Å². The maximum Gasteiger partial charge on any atom is 0.248 e. The molecule has 0 saturated carbocycles. The molecule has 0 aliphatic carbocycles. The van der Waals surface area contributed by atoms with Crippen LogP contribution in [-0.4, -0.2) is 11.8 Å².